The molecule has 0 amide bonds. The fourth-order valence-electron chi connectivity index (χ4n) is 1.34. The molecule has 0 aliphatic heterocycles. The molecule has 0 unspecified atom stereocenters. The van der Waals surface area contributed by atoms with Crippen LogP contribution in [0.1, 0.15) is 53.9 Å². The van der Waals surface area contributed by atoms with Gasteiger partial charge >= 0.3 is 0 Å². The predicted molar refractivity (Wildman–Crippen MR) is 78.1 cm³/mol. The van der Waals surface area contributed by atoms with Crippen LogP contribution in [0.3, 0.4) is 0 Å². The average Bonchev–Trinajstić information content (AvgIpc) is 2.14. The van der Waals surface area contributed by atoms with Crippen molar-refractivity contribution >= 4 is 8.32 Å². The van der Waals surface area contributed by atoms with Crippen molar-refractivity contribution < 1.29 is 9.16 Å². The Hall–Kier alpha value is 0.137. The maximum atomic E-state index is 6.27. The summed E-state index contributed by atoms with van der Waals surface area (Å²) < 4.78 is 11.8. The molecule has 0 bridgehead atoms. The molecule has 0 aliphatic carbocycles. The Morgan fingerprint density at radius 1 is 1.12 bits per heavy atom. The number of hydrogen-bond donors (Lipinski definition) is 0. The van der Waals surface area contributed by atoms with Crippen molar-refractivity contribution in [2.24, 2.45) is 0 Å². The highest BCUT2D eigenvalue weighted by atomic mass is 28.4. The fourth-order valence-corrected chi connectivity index (χ4v) is 2.81. The zero-order valence-corrected chi connectivity index (χ0v) is 13.9. The second-order valence-corrected chi connectivity index (χ2v) is 11.2. The number of rotatable bonds is 8. The van der Waals surface area contributed by atoms with Crippen molar-refractivity contribution in [2.75, 3.05) is 13.2 Å². The molecule has 0 heterocycles. The van der Waals surface area contributed by atoms with Crippen molar-refractivity contribution in [3.8, 4) is 0 Å². The molecule has 104 valence electrons. The number of hydrogen-bond acceptors (Lipinski definition) is 2. The first kappa shape index (κ1) is 17.1. The van der Waals surface area contributed by atoms with Crippen LogP contribution in [0.15, 0.2) is 0 Å². The smallest absolute Gasteiger partial charge is 0.192 e. The Morgan fingerprint density at radius 2 is 1.71 bits per heavy atom. The van der Waals surface area contributed by atoms with Gasteiger partial charge in [0.15, 0.2) is 8.32 Å². The van der Waals surface area contributed by atoms with Crippen LogP contribution >= 0.6 is 0 Å². The van der Waals surface area contributed by atoms with Gasteiger partial charge in [-0.05, 0) is 37.9 Å². The molecule has 0 fully saturated rings. The van der Waals surface area contributed by atoms with E-state index in [4.69, 9.17) is 9.16 Å². The zero-order valence-electron chi connectivity index (χ0n) is 12.9. The largest absolute Gasteiger partial charge is 0.414 e. The van der Waals surface area contributed by atoms with E-state index in [-0.39, 0.29) is 0 Å². The molecule has 17 heavy (non-hydrogen) atoms. The molecule has 3 heteroatoms. The van der Waals surface area contributed by atoms with Crippen LogP contribution in [-0.4, -0.2) is 27.6 Å². The quantitative estimate of drug-likeness (QED) is 0.469. The summed E-state index contributed by atoms with van der Waals surface area (Å²) in [5.41, 5.74) is 0. The fraction of sp³-hybridized carbons (Fsp3) is 1.00. The van der Waals surface area contributed by atoms with Crippen LogP contribution in [0, 0.1) is 0 Å². The predicted octanol–water partition coefficient (Wildman–Crippen LogP) is 4.60. The van der Waals surface area contributed by atoms with Crippen LogP contribution in [0.4, 0.5) is 0 Å². The van der Waals surface area contributed by atoms with Crippen molar-refractivity contribution in [3.63, 3.8) is 0 Å². The molecular weight excluding hydrogens is 228 g/mol. The summed E-state index contributed by atoms with van der Waals surface area (Å²) in [5.74, 6) is 0. The van der Waals surface area contributed by atoms with Crippen molar-refractivity contribution in [3.05, 3.63) is 0 Å². The summed E-state index contributed by atoms with van der Waals surface area (Å²) >= 11 is 0. The van der Waals surface area contributed by atoms with Gasteiger partial charge in [-0.25, -0.2) is 0 Å². The minimum Gasteiger partial charge on any atom is -0.414 e. The van der Waals surface area contributed by atoms with E-state index in [0.717, 1.165) is 26.1 Å². The van der Waals surface area contributed by atoms with Gasteiger partial charge in [0.2, 0.25) is 0 Å². The molecule has 0 aromatic heterocycles. The summed E-state index contributed by atoms with van der Waals surface area (Å²) in [5, 5.41) is 0.296. The first-order valence-electron chi connectivity index (χ1n) is 6.96. The molecule has 0 saturated heterocycles. The van der Waals surface area contributed by atoms with E-state index in [2.05, 4.69) is 47.7 Å². The summed E-state index contributed by atoms with van der Waals surface area (Å²) in [6, 6.07) is 0. The average molecular weight is 260 g/mol. The Balaban J connectivity index is 3.82. The monoisotopic (exact) mass is 260 g/mol. The van der Waals surface area contributed by atoms with E-state index in [0.29, 0.717) is 11.1 Å². The lowest BCUT2D eigenvalue weighted by molar-refractivity contribution is 0.0911. The van der Waals surface area contributed by atoms with Crippen molar-refractivity contribution in [1.29, 1.82) is 0 Å². The lowest BCUT2D eigenvalue weighted by atomic mass is 10.2. The Kier molecular flexibility index (Phi) is 7.61. The van der Waals surface area contributed by atoms with E-state index in [1.165, 1.54) is 6.42 Å². The molecule has 0 radical (unpaired) electrons. The van der Waals surface area contributed by atoms with Gasteiger partial charge in [-0.3, -0.25) is 0 Å². The summed E-state index contributed by atoms with van der Waals surface area (Å²) in [7, 11) is -1.60. The van der Waals surface area contributed by atoms with Crippen LogP contribution in [0.2, 0.25) is 18.1 Å². The van der Waals surface area contributed by atoms with E-state index in [9.17, 15) is 0 Å². The van der Waals surface area contributed by atoms with Crippen LogP contribution < -0.4 is 0 Å². The topological polar surface area (TPSA) is 18.5 Å². The molecule has 2 nitrogen and oxygen atoms in total. The SMILES string of the molecule is CCCCOCC[C@@H](C)O[Si](C)(C)C(C)(C)C. The molecule has 1 atom stereocenters. The second kappa shape index (κ2) is 7.55. The Morgan fingerprint density at radius 3 is 2.18 bits per heavy atom. The van der Waals surface area contributed by atoms with E-state index in [1.807, 2.05) is 0 Å². The van der Waals surface area contributed by atoms with Gasteiger partial charge in [-0.2, -0.15) is 0 Å². The van der Waals surface area contributed by atoms with Gasteiger partial charge < -0.3 is 9.16 Å². The maximum Gasteiger partial charge on any atom is 0.192 e. The standard InChI is InChI=1S/C14H32O2Si/c1-8-9-11-15-12-10-13(2)16-17(6,7)14(3,4)5/h13H,8-12H2,1-7H3/t13-/m1/s1. The van der Waals surface area contributed by atoms with Gasteiger partial charge in [-0.1, -0.05) is 34.1 Å². The lowest BCUT2D eigenvalue weighted by Crippen LogP contribution is -2.43. The summed E-state index contributed by atoms with van der Waals surface area (Å²) in [6.07, 6.45) is 3.70. The summed E-state index contributed by atoms with van der Waals surface area (Å²) in [4.78, 5) is 0. The highest BCUT2D eigenvalue weighted by Crippen LogP contribution is 2.37. The van der Waals surface area contributed by atoms with Gasteiger partial charge in [0.1, 0.15) is 0 Å². The van der Waals surface area contributed by atoms with E-state index in [1.54, 1.807) is 0 Å². The van der Waals surface area contributed by atoms with Gasteiger partial charge in [-0.15, -0.1) is 0 Å². The Labute approximate surface area is 109 Å². The lowest BCUT2D eigenvalue weighted by Gasteiger charge is -2.38. The first-order valence-corrected chi connectivity index (χ1v) is 9.87. The van der Waals surface area contributed by atoms with Crippen LogP contribution in [0.5, 0.6) is 0 Å². The third kappa shape index (κ3) is 7.22. The van der Waals surface area contributed by atoms with Crippen LogP contribution in [0.25, 0.3) is 0 Å². The molecule has 0 saturated carbocycles. The number of unbranched alkanes of at least 4 members (excludes halogenated alkanes) is 1. The summed E-state index contributed by atoms with van der Waals surface area (Å²) in [6.45, 7) is 17.5. The highest BCUT2D eigenvalue weighted by Gasteiger charge is 2.38. The normalized spacial score (nSPS) is 15.0. The third-order valence-electron chi connectivity index (χ3n) is 3.61. The minimum absolute atomic E-state index is 0.296. The first-order chi connectivity index (χ1) is 7.70. The van der Waals surface area contributed by atoms with Gasteiger partial charge in [0.25, 0.3) is 0 Å². The Bertz CT molecular complexity index is 197. The highest BCUT2D eigenvalue weighted by molar-refractivity contribution is 6.74. The minimum atomic E-state index is -1.60. The zero-order chi connectivity index (χ0) is 13.5. The van der Waals surface area contributed by atoms with E-state index >= 15 is 0 Å². The second-order valence-electron chi connectivity index (χ2n) is 6.44. The molecule has 0 spiro atoms. The van der Waals surface area contributed by atoms with Crippen LogP contribution in [-0.2, 0) is 9.16 Å². The van der Waals surface area contributed by atoms with E-state index < -0.39 is 8.32 Å². The van der Waals surface area contributed by atoms with Gasteiger partial charge in [0, 0.05) is 19.3 Å². The molecule has 0 aromatic rings. The molecule has 0 aliphatic rings. The van der Waals surface area contributed by atoms with Crippen molar-refractivity contribution in [1.82, 2.24) is 0 Å². The molecule has 0 N–H and O–H groups in total. The van der Waals surface area contributed by atoms with Gasteiger partial charge in [0.05, 0.1) is 0 Å². The third-order valence-corrected chi connectivity index (χ3v) is 8.22. The number of ether oxygens (including phenoxy) is 1. The molecule has 0 aromatic carbocycles. The maximum absolute atomic E-state index is 6.27. The molecule has 0 rings (SSSR count). The molecular formula is C14H32O2Si. The van der Waals surface area contributed by atoms with Crippen molar-refractivity contribution in [2.45, 2.75) is 78.1 Å².